The zero-order chi connectivity index (χ0) is 16.0. The Morgan fingerprint density at radius 1 is 1.41 bits per heavy atom. The Morgan fingerprint density at radius 2 is 2.18 bits per heavy atom. The van der Waals surface area contributed by atoms with Crippen LogP contribution in [0.25, 0.3) is 0 Å². The number of aromatic nitrogens is 3. The Labute approximate surface area is 131 Å². The van der Waals surface area contributed by atoms with Gasteiger partial charge in [-0.15, -0.1) is 0 Å². The molecule has 1 aliphatic rings. The van der Waals surface area contributed by atoms with Crippen LogP contribution in [0.4, 0.5) is 4.79 Å². The number of carbonyl (C=O) groups is 1. The molecule has 1 aromatic heterocycles. The Bertz CT molecular complexity index is 455. The fraction of sp³-hybridized carbons (Fsp3) is 0.800. The van der Waals surface area contributed by atoms with Gasteiger partial charge in [0, 0.05) is 12.6 Å². The molecule has 1 fully saturated rings. The number of amides is 1. The van der Waals surface area contributed by atoms with Crippen molar-refractivity contribution in [2.75, 3.05) is 6.54 Å². The molecule has 7 nitrogen and oxygen atoms in total. The van der Waals surface area contributed by atoms with Gasteiger partial charge >= 0.3 is 6.09 Å². The summed E-state index contributed by atoms with van der Waals surface area (Å²) in [5, 5.41) is 13.1. The summed E-state index contributed by atoms with van der Waals surface area (Å²) in [6.07, 6.45) is 5.84. The lowest BCUT2D eigenvalue weighted by Crippen LogP contribution is -2.44. The number of alkyl carbamates (subject to hydrolysis) is 1. The van der Waals surface area contributed by atoms with Crippen LogP contribution in [0, 0.1) is 5.92 Å². The topological polar surface area (TPSA) is 91.9 Å². The lowest BCUT2D eigenvalue weighted by molar-refractivity contribution is 0.0510. The van der Waals surface area contributed by atoms with Crippen LogP contribution in [0.3, 0.4) is 0 Å². The maximum atomic E-state index is 11.8. The quantitative estimate of drug-likeness (QED) is 0.773. The van der Waals surface area contributed by atoms with Gasteiger partial charge in [-0.25, -0.2) is 9.78 Å². The van der Waals surface area contributed by atoms with Crippen molar-refractivity contribution in [3.05, 3.63) is 12.2 Å². The monoisotopic (exact) mass is 309 g/mol. The lowest BCUT2D eigenvalue weighted by Gasteiger charge is -2.32. The molecule has 1 aliphatic carbocycles. The van der Waals surface area contributed by atoms with E-state index in [1.54, 1.807) is 0 Å². The molecule has 1 saturated carbocycles. The molecule has 1 heterocycles. The maximum absolute atomic E-state index is 11.8. The summed E-state index contributed by atoms with van der Waals surface area (Å²) in [6.45, 7) is 6.93. The van der Waals surface area contributed by atoms with Crippen molar-refractivity contribution in [2.45, 2.75) is 64.6 Å². The molecule has 2 rings (SSSR count). The number of hydrogen-bond acceptors (Lipinski definition) is 5. The molecule has 0 bridgehead atoms. The van der Waals surface area contributed by atoms with Crippen LogP contribution < -0.4 is 10.6 Å². The third-order valence-electron chi connectivity index (χ3n) is 3.81. The van der Waals surface area contributed by atoms with Gasteiger partial charge in [0.1, 0.15) is 17.8 Å². The predicted octanol–water partition coefficient (Wildman–Crippen LogP) is 1.98. The zero-order valence-corrected chi connectivity index (χ0v) is 13.7. The molecule has 1 amide bonds. The van der Waals surface area contributed by atoms with Gasteiger partial charge in [0.05, 0.1) is 6.54 Å². The smallest absolute Gasteiger partial charge is 0.407 e. The minimum absolute atomic E-state index is 0.341. The van der Waals surface area contributed by atoms with Crippen LogP contribution in [0.1, 0.15) is 52.3 Å². The molecule has 0 saturated heterocycles. The summed E-state index contributed by atoms with van der Waals surface area (Å²) < 4.78 is 5.29. The average Bonchev–Trinajstić information content (AvgIpc) is 2.95. The van der Waals surface area contributed by atoms with Crippen molar-refractivity contribution >= 4 is 6.09 Å². The van der Waals surface area contributed by atoms with Crippen molar-refractivity contribution in [1.29, 1.82) is 0 Å². The molecule has 0 radical (unpaired) electrons. The number of H-pyrrole nitrogens is 1. The van der Waals surface area contributed by atoms with Crippen molar-refractivity contribution in [1.82, 2.24) is 25.8 Å². The summed E-state index contributed by atoms with van der Waals surface area (Å²) in [5.74, 6) is 1.26. The maximum Gasteiger partial charge on any atom is 0.407 e. The number of carbonyl (C=O) groups excluding carboxylic acids is 1. The molecule has 7 heteroatoms. The number of hydrogen-bond donors (Lipinski definition) is 3. The molecule has 0 aromatic carbocycles. The second-order valence-electron chi connectivity index (χ2n) is 6.85. The first kappa shape index (κ1) is 16.7. The van der Waals surface area contributed by atoms with Gasteiger partial charge in [0.25, 0.3) is 0 Å². The Balaban J connectivity index is 1.78. The van der Waals surface area contributed by atoms with E-state index in [-0.39, 0.29) is 6.09 Å². The molecule has 2 atom stereocenters. The normalized spacial score (nSPS) is 22.3. The summed E-state index contributed by atoms with van der Waals surface area (Å²) in [4.78, 5) is 15.9. The average molecular weight is 309 g/mol. The van der Waals surface area contributed by atoms with Crippen molar-refractivity contribution in [2.24, 2.45) is 5.92 Å². The van der Waals surface area contributed by atoms with E-state index in [9.17, 15) is 4.79 Å². The van der Waals surface area contributed by atoms with E-state index in [0.29, 0.717) is 25.0 Å². The lowest BCUT2D eigenvalue weighted by atomic mass is 9.84. The molecular weight excluding hydrogens is 282 g/mol. The minimum Gasteiger partial charge on any atom is -0.444 e. The van der Waals surface area contributed by atoms with Gasteiger partial charge in [0.15, 0.2) is 0 Å². The highest BCUT2D eigenvalue weighted by atomic mass is 16.6. The van der Waals surface area contributed by atoms with Crippen LogP contribution in [-0.4, -0.2) is 39.5 Å². The summed E-state index contributed by atoms with van der Waals surface area (Å²) in [6, 6.07) is 0.383. The van der Waals surface area contributed by atoms with Crippen LogP contribution in [0.5, 0.6) is 0 Å². The van der Waals surface area contributed by atoms with Crippen LogP contribution in [-0.2, 0) is 11.3 Å². The van der Waals surface area contributed by atoms with E-state index < -0.39 is 5.60 Å². The summed E-state index contributed by atoms with van der Waals surface area (Å²) >= 11 is 0. The third-order valence-corrected chi connectivity index (χ3v) is 3.81. The SMILES string of the molecule is CC(C)(C)OC(=O)NCC1CCCCC1NCc1ncn[nH]1. The molecule has 124 valence electrons. The van der Waals surface area contributed by atoms with Crippen LogP contribution in [0.15, 0.2) is 6.33 Å². The Kier molecular flexibility index (Phi) is 5.76. The van der Waals surface area contributed by atoms with Crippen molar-refractivity contribution < 1.29 is 9.53 Å². The molecule has 2 unspecified atom stereocenters. The number of rotatable bonds is 5. The number of ether oxygens (including phenoxy) is 1. The second-order valence-corrected chi connectivity index (χ2v) is 6.85. The zero-order valence-electron chi connectivity index (χ0n) is 13.7. The van der Waals surface area contributed by atoms with Crippen LogP contribution >= 0.6 is 0 Å². The largest absolute Gasteiger partial charge is 0.444 e. The number of nitrogens with zero attached hydrogens (tertiary/aromatic N) is 2. The molecule has 22 heavy (non-hydrogen) atoms. The minimum atomic E-state index is -0.458. The van der Waals surface area contributed by atoms with Gasteiger partial charge in [0.2, 0.25) is 0 Å². The van der Waals surface area contributed by atoms with E-state index in [4.69, 9.17) is 4.74 Å². The highest BCUT2D eigenvalue weighted by Gasteiger charge is 2.26. The second kappa shape index (κ2) is 7.58. The Hall–Kier alpha value is -1.63. The van der Waals surface area contributed by atoms with E-state index >= 15 is 0 Å². The fourth-order valence-electron chi connectivity index (χ4n) is 2.79. The van der Waals surface area contributed by atoms with Gasteiger partial charge in [-0.05, 0) is 39.5 Å². The van der Waals surface area contributed by atoms with E-state index in [1.165, 1.54) is 19.2 Å². The number of aromatic amines is 1. The molecule has 0 aliphatic heterocycles. The van der Waals surface area contributed by atoms with Crippen molar-refractivity contribution in [3.8, 4) is 0 Å². The third kappa shape index (κ3) is 5.63. The molecular formula is C15H27N5O2. The molecule has 1 aromatic rings. The van der Waals surface area contributed by atoms with Gasteiger partial charge in [-0.1, -0.05) is 12.8 Å². The first-order valence-corrected chi connectivity index (χ1v) is 7.98. The van der Waals surface area contributed by atoms with Crippen LogP contribution in [0.2, 0.25) is 0 Å². The predicted molar refractivity (Wildman–Crippen MR) is 83.2 cm³/mol. The molecule has 3 N–H and O–H groups in total. The van der Waals surface area contributed by atoms with Gasteiger partial charge in [-0.2, -0.15) is 5.10 Å². The summed E-state index contributed by atoms with van der Waals surface area (Å²) in [5.41, 5.74) is -0.458. The van der Waals surface area contributed by atoms with Crippen molar-refractivity contribution in [3.63, 3.8) is 0 Å². The molecule has 0 spiro atoms. The Morgan fingerprint density at radius 3 is 2.86 bits per heavy atom. The standard InChI is InChI=1S/C15H27N5O2/c1-15(2,3)22-14(21)17-8-11-6-4-5-7-12(11)16-9-13-18-10-19-20-13/h10-12,16H,4-9H2,1-3H3,(H,17,21)(H,18,19,20). The van der Waals surface area contributed by atoms with E-state index in [2.05, 4.69) is 25.8 Å². The first-order valence-electron chi connectivity index (χ1n) is 7.98. The number of nitrogens with one attached hydrogen (secondary N) is 3. The van der Waals surface area contributed by atoms with E-state index in [0.717, 1.165) is 18.7 Å². The first-order chi connectivity index (χ1) is 10.4. The van der Waals surface area contributed by atoms with Gasteiger partial charge < -0.3 is 15.4 Å². The fourth-order valence-corrected chi connectivity index (χ4v) is 2.79. The highest BCUT2D eigenvalue weighted by molar-refractivity contribution is 5.67. The van der Waals surface area contributed by atoms with E-state index in [1.807, 2.05) is 20.8 Å². The summed E-state index contributed by atoms with van der Waals surface area (Å²) in [7, 11) is 0. The highest BCUT2D eigenvalue weighted by Crippen LogP contribution is 2.24. The van der Waals surface area contributed by atoms with Gasteiger partial charge in [-0.3, -0.25) is 5.10 Å².